The van der Waals surface area contributed by atoms with Crippen molar-refractivity contribution >= 4 is 17.4 Å². The van der Waals surface area contributed by atoms with Crippen LogP contribution in [0.5, 0.6) is 11.5 Å². The number of ketones is 1. The minimum absolute atomic E-state index is 0.105. The highest BCUT2D eigenvalue weighted by Gasteiger charge is 2.20. The first-order valence-corrected chi connectivity index (χ1v) is 11.8. The summed E-state index contributed by atoms with van der Waals surface area (Å²) in [5.74, 6) is 1.41. The molecule has 4 rings (SSSR count). The van der Waals surface area contributed by atoms with Crippen LogP contribution in [-0.4, -0.2) is 74.5 Å². The van der Waals surface area contributed by atoms with E-state index in [1.54, 1.807) is 31.4 Å². The summed E-state index contributed by atoms with van der Waals surface area (Å²) < 4.78 is 11.0. The molecule has 0 radical (unpaired) electrons. The summed E-state index contributed by atoms with van der Waals surface area (Å²) in [4.78, 5) is 30.1. The zero-order valence-corrected chi connectivity index (χ0v) is 20.0. The van der Waals surface area contributed by atoms with Crippen LogP contribution in [0.25, 0.3) is 0 Å². The summed E-state index contributed by atoms with van der Waals surface area (Å²) >= 11 is 0. The highest BCUT2D eigenvalue weighted by molar-refractivity contribution is 6.13. The van der Waals surface area contributed by atoms with Crippen LogP contribution in [0.3, 0.4) is 0 Å². The van der Waals surface area contributed by atoms with Crippen molar-refractivity contribution in [3.63, 3.8) is 0 Å². The maximum atomic E-state index is 12.9. The number of carbonyl (C=O) groups excluding carboxylic acids is 2. The minimum Gasteiger partial charge on any atom is -0.497 e. The van der Waals surface area contributed by atoms with Crippen LogP contribution in [0.4, 0.5) is 5.69 Å². The molecule has 1 heterocycles. The van der Waals surface area contributed by atoms with Crippen molar-refractivity contribution in [3.8, 4) is 11.5 Å². The molecular weight excluding hydrogens is 442 g/mol. The number of carbonyl (C=O) groups is 2. The van der Waals surface area contributed by atoms with Gasteiger partial charge in [-0.05, 0) is 36.4 Å². The van der Waals surface area contributed by atoms with Gasteiger partial charge in [0, 0.05) is 43.9 Å². The molecule has 0 atom stereocenters. The summed E-state index contributed by atoms with van der Waals surface area (Å²) in [5, 5.41) is 2.94. The minimum atomic E-state index is -0.116. The van der Waals surface area contributed by atoms with Gasteiger partial charge in [0.2, 0.25) is 5.91 Å². The predicted molar refractivity (Wildman–Crippen MR) is 136 cm³/mol. The monoisotopic (exact) mass is 473 g/mol. The fourth-order valence-electron chi connectivity index (χ4n) is 4.06. The number of amides is 1. The molecule has 3 aromatic carbocycles. The molecule has 0 bridgehead atoms. The van der Waals surface area contributed by atoms with Gasteiger partial charge in [0.05, 0.1) is 19.3 Å². The highest BCUT2D eigenvalue weighted by Crippen LogP contribution is 2.20. The number of hydrogen-bond acceptors (Lipinski definition) is 6. The molecule has 1 N–H and O–H groups in total. The number of piperazine rings is 1. The number of nitrogens with one attached hydrogen (secondary N) is 1. The topological polar surface area (TPSA) is 71.1 Å². The lowest BCUT2D eigenvalue weighted by atomic mass is 10.0. The number of methoxy groups -OCH3 is 1. The molecule has 35 heavy (non-hydrogen) atoms. The van der Waals surface area contributed by atoms with E-state index in [9.17, 15) is 9.59 Å². The number of ether oxygens (including phenoxy) is 2. The van der Waals surface area contributed by atoms with Crippen molar-refractivity contribution in [2.24, 2.45) is 0 Å². The van der Waals surface area contributed by atoms with E-state index in [0.29, 0.717) is 30.0 Å². The summed E-state index contributed by atoms with van der Waals surface area (Å²) in [6.45, 7) is 5.11. The van der Waals surface area contributed by atoms with E-state index >= 15 is 0 Å². The number of para-hydroxylation sites is 1. The van der Waals surface area contributed by atoms with E-state index < -0.39 is 0 Å². The van der Waals surface area contributed by atoms with E-state index in [-0.39, 0.29) is 11.7 Å². The van der Waals surface area contributed by atoms with E-state index in [4.69, 9.17) is 9.47 Å². The van der Waals surface area contributed by atoms with Crippen molar-refractivity contribution in [2.45, 2.75) is 0 Å². The van der Waals surface area contributed by atoms with Gasteiger partial charge in [0.1, 0.15) is 18.1 Å². The molecule has 0 aromatic heterocycles. The summed E-state index contributed by atoms with van der Waals surface area (Å²) in [5.41, 5.74) is 1.63. The second-order valence-corrected chi connectivity index (χ2v) is 8.43. The molecular formula is C28H31N3O4. The molecule has 3 aromatic rings. The van der Waals surface area contributed by atoms with Crippen LogP contribution in [0, 0.1) is 0 Å². The molecule has 1 saturated heterocycles. The average Bonchev–Trinajstić information content (AvgIpc) is 2.90. The Morgan fingerprint density at radius 1 is 0.800 bits per heavy atom. The van der Waals surface area contributed by atoms with E-state index in [1.807, 2.05) is 54.6 Å². The zero-order chi connectivity index (χ0) is 24.5. The SMILES string of the molecule is COc1ccc(OCCN2CCN(CC(=O)Nc3ccccc3C(=O)c3ccccc3)CC2)cc1. The molecule has 1 aliphatic rings. The van der Waals surface area contributed by atoms with Crippen molar-refractivity contribution in [2.75, 3.05) is 58.3 Å². The quantitative estimate of drug-likeness (QED) is 0.454. The number of rotatable bonds is 10. The first-order chi connectivity index (χ1) is 17.1. The number of hydrogen-bond donors (Lipinski definition) is 1. The Hall–Kier alpha value is -3.68. The van der Waals surface area contributed by atoms with E-state index in [2.05, 4.69) is 15.1 Å². The van der Waals surface area contributed by atoms with Crippen molar-refractivity contribution in [1.29, 1.82) is 0 Å². The van der Waals surface area contributed by atoms with E-state index in [0.717, 1.165) is 44.2 Å². The Kier molecular flexibility index (Phi) is 8.48. The molecule has 0 aliphatic carbocycles. The van der Waals surface area contributed by atoms with Gasteiger partial charge in [0.25, 0.3) is 0 Å². The molecule has 0 saturated carbocycles. The number of nitrogens with zero attached hydrogens (tertiary/aromatic N) is 2. The van der Waals surface area contributed by atoms with Crippen LogP contribution in [0.1, 0.15) is 15.9 Å². The van der Waals surface area contributed by atoms with Crippen LogP contribution < -0.4 is 14.8 Å². The van der Waals surface area contributed by atoms with Crippen LogP contribution in [-0.2, 0) is 4.79 Å². The Morgan fingerprint density at radius 3 is 2.14 bits per heavy atom. The van der Waals surface area contributed by atoms with Crippen molar-refractivity contribution < 1.29 is 19.1 Å². The molecule has 0 spiro atoms. The molecule has 182 valence electrons. The fourth-order valence-corrected chi connectivity index (χ4v) is 4.06. The summed E-state index contributed by atoms with van der Waals surface area (Å²) in [6, 6.07) is 23.8. The Labute approximate surface area is 206 Å². The third-order valence-corrected chi connectivity index (χ3v) is 6.05. The molecule has 7 nitrogen and oxygen atoms in total. The Morgan fingerprint density at radius 2 is 1.43 bits per heavy atom. The third-order valence-electron chi connectivity index (χ3n) is 6.05. The van der Waals surface area contributed by atoms with Gasteiger partial charge in [-0.3, -0.25) is 19.4 Å². The maximum absolute atomic E-state index is 12.9. The summed E-state index contributed by atoms with van der Waals surface area (Å²) in [6.07, 6.45) is 0. The van der Waals surface area contributed by atoms with Crippen molar-refractivity contribution in [1.82, 2.24) is 9.80 Å². The smallest absolute Gasteiger partial charge is 0.238 e. The lowest BCUT2D eigenvalue weighted by molar-refractivity contribution is -0.117. The normalized spacial score (nSPS) is 14.3. The first kappa shape index (κ1) is 24.4. The molecule has 0 unspecified atom stereocenters. The standard InChI is InChI=1S/C28H31N3O4/c1-34-23-11-13-24(14-12-23)35-20-19-30-15-17-31(18-16-30)21-27(32)29-26-10-6-5-9-25(26)28(33)22-7-3-2-4-8-22/h2-14H,15-21H2,1H3,(H,29,32). The largest absolute Gasteiger partial charge is 0.497 e. The van der Waals surface area contributed by atoms with Crippen molar-refractivity contribution in [3.05, 3.63) is 90.0 Å². The average molecular weight is 474 g/mol. The summed E-state index contributed by atoms with van der Waals surface area (Å²) in [7, 11) is 1.64. The van der Waals surface area contributed by atoms with E-state index in [1.165, 1.54) is 0 Å². The lowest BCUT2D eigenvalue weighted by Gasteiger charge is -2.34. The third kappa shape index (κ3) is 6.91. The van der Waals surface area contributed by atoms with Gasteiger partial charge in [-0.15, -0.1) is 0 Å². The van der Waals surface area contributed by atoms with Crippen LogP contribution in [0.2, 0.25) is 0 Å². The second kappa shape index (κ2) is 12.1. The number of anilines is 1. The van der Waals surface area contributed by atoms with Gasteiger partial charge in [-0.2, -0.15) is 0 Å². The molecule has 7 heteroatoms. The van der Waals surface area contributed by atoms with Gasteiger partial charge in [0.15, 0.2) is 5.78 Å². The Bertz CT molecular complexity index is 1110. The van der Waals surface area contributed by atoms with Gasteiger partial charge < -0.3 is 14.8 Å². The van der Waals surface area contributed by atoms with Crippen LogP contribution in [0.15, 0.2) is 78.9 Å². The van der Waals surface area contributed by atoms with Gasteiger partial charge in [-0.1, -0.05) is 42.5 Å². The maximum Gasteiger partial charge on any atom is 0.238 e. The van der Waals surface area contributed by atoms with Gasteiger partial charge in [-0.25, -0.2) is 0 Å². The molecule has 1 fully saturated rings. The highest BCUT2D eigenvalue weighted by atomic mass is 16.5. The lowest BCUT2D eigenvalue weighted by Crippen LogP contribution is -2.49. The second-order valence-electron chi connectivity index (χ2n) is 8.43. The van der Waals surface area contributed by atoms with Crippen LogP contribution >= 0.6 is 0 Å². The Balaban J connectivity index is 1.21. The fraction of sp³-hybridized carbons (Fsp3) is 0.286. The number of benzene rings is 3. The molecule has 1 amide bonds. The van der Waals surface area contributed by atoms with Gasteiger partial charge >= 0.3 is 0 Å². The molecule has 1 aliphatic heterocycles. The predicted octanol–water partition coefficient (Wildman–Crippen LogP) is 3.56. The first-order valence-electron chi connectivity index (χ1n) is 11.8. The zero-order valence-electron chi connectivity index (χ0n) is 20.0.